The number of benzene rings is 1. The van der Waals surface area contributed by atoms with Crippen molar-refractivity contribution in [3.63, 3.8) is 0 Å². The molecule has 0 radical (unpaired) electrons. The highest BCUT2D eigenvalue weighted by molar-refractivity contribution is 7.99. The van der Waals surface area contributed by atoms with E-state index >= 15 is 0 Å². The number of thioether (sulfide) groups is 1. The lowest BCUT2D eigenvalue weighted by molar-refractivity contribution is -0.121. The number of fused-ring (bicyclic) bond motifs is 1. The summed E-state index contributed by atoms with van der Waals surface area (Å²) in [6.45, 7) is 2.09. The van der Waals surface area contributed by atoms with Gasteiger partial charge in [0.1, 0.15) is 12.2 Å². The number of nitrogens with zero attached hydrogens (tertiary/aromatic N) is 2. The summed E-state index contributed by atoms with van der Waals surface area (Å²) < 4.78 is 1.43. The first kappa shape index (κ1) is 23.3. The number of rotatable bonds is 7. The van der Waals surface area contributed by atoms with Crippen molar-refractivity contribution in [3.8, 4) is 0 Å². The lowest BCUT2D eigenvalue weighted by atomic mass is 9.87. The molecule has 1 aromatic carbocycles. The van der Waals surface area contributed by atoms with Crippen molar-refractivity contribution >= 4 is 40.1 Å². The minimum Gasteiger partial charge on any atom is -0.393 e. The summed E-state index contributed by atoms with van der Waals surface area (Å²) in [5, 5.41) is 10.5. The number of aryl methyl sites for hydroxylation is 1. The first-order chi connectivity index (χ1) is 15.4. The molecule has 4 rings (SSSR count). The van der Waals surface area contributed by atoms with Crippen LogP contribution in [0.2, 0.25) is 0 Å². The monoisotopic (exact) mass is 462 g/mol. The number of hydrogen-bond acceptors (Lipinski definition) is 8. The summed E-state index contributed by atoms with van der Waals surface area (Å²) in [5.41, 5.74) is 14.3. The molecule has 0 bridgehead atoms. The van der Waals surface area contributed by atoms with Gasteiger partial charge in [0.15, 0.2) is 5.82 Å². The number of nitrogens with one attached hydrogen (secondary N) is 2. The van der Waals surface area contributed by atoms with Crippen LogP contribution in [-0.2, 0) is 17.9 Å². The Labute approximate surface area is 191 Å². The Balaban J connectivity index is 0.00000141. The van der Waals surface area contributed by atoms with Gasteiger partial charge in [-0.05, 0) is 49.4 Å². The van der Waals surface area contributed by atoms with Gasteiger partial charge in [-0.15, -0.1) is 11.8 Å². The summed E-state index contributed by atoms with van der Waals surface area (Å²) in [4.78, 5) is 40.0. The first-order valence-electron chi connectivity index (χ1n) is 10.2. The number of amides is 1. The van der Waals surface area contributed by atoms with Crippen LogP contribution >= 0.6 is 11.8 Å². The Morgan fingerprint density at radius 2 is 2.06 bits per heavy atom. The van der Waals surface area contributed by atoms with Gasteiger partial charge in [-0.25, -0.2) is 0 Å². The molecule has 1 fully saturated rings. The normalized spacial score (nSPS) is 13.3. The second kappa shape index (κ2) is 10.3. The molecule has 32 heavy (non-hydrogen) atoms. The highest BCUT2D eigenvalue weighted by atomic mass is 32.2. The van der Waals surface area contributed by atoms with Crippen LogP contribution in [0.3, 0.4) is 0 Å². The molecule has 174 valence electrons. The highest BCUT2D eigenvalue weighted by Crippen LogP contribution is 2.34. The van der Waals surface area contributed by atoms with Crippen LogP contribution in [0.1, 0.15) is 33.4 Å². The summed E-state index contributed by atoms with van der Waals surface area (Å²) in [7, 11) is 0. The van der Waals surface area contributed by atoms with Gasteiger partial charge in [0, 0.05) is 41.1 Å². The van der Waals surface area contributed by atoms with E-state index in [0.717, 1.165) is 38.7 Å². The van der Waals surface area contributed by atoms with Gasteiger partial charge in [-0.2, -0.15) is 5.10 Å². The molecule has 0 saturated heterocycles. The van der Waals surface area contributed by atoms with Crippen molar-refractivity contribution in [2.24, 2.45) is 5.92 Å². The Bertz CT molecular complexity index is 1180. The summed E-state index contributed by atoms with van der Waals surface area (Å²) in [6, 6.07) is 7.56. The molecule has 0 spiro atoms. The van der Waals surface area contributed by atoms with Crippen molar-refractivity contribution in [1.29, 1.82) is 0 Å². The average Bonchev–Trinajstić information content (AvgIpc) is 3.13. The maximum atomic E-state index is 12.7. The number of hydrogen-bond donors (Lipinski definition) is 4. The minimum absolute atomic E-state index is 0. The molecule has 2 heterocycles. The Kier molecular flexibility index (Phi) is 7.52. The van der Waals surface area contributed by atoms with E-state index in [0.29, 0.717) is 12.4 Å². The molecule has 11 heteroatoms. The van der Waals surface area contributed by atoms with E-state index in [4.69, 9.17) is 21.4 Å². The minimum atomic E-state index is -0.311. The fourth-order valence-corrected chi connectivity index (χ4v) is 4.78. The second-order valence-electron chi connectivity index (χ2n) is 7.83. The Morgan fingerprint density at radius 3 is 2.75 bits per heavy atom. The van der Waals surface area contributed by atoms with E-state index in [2.05, 4.69) is 15.5 Å². The molecule has 3 aromatic rings. The number of aromatic nitrogens is 3. The van der Waals surface area contributed by atoms with E-state index < -0.39 is 0 Å². The van der Waals surface area contributed by atoms with Crippen LogP contribution < -0.4 is 22.3 Å². The third-order valence-corrected chi connectivity index (χ3v) is 6.94. The van der Waals surface area contributed by atoms with Crippen molar-refractivity contribution in [2.45, 2.75) is 44.2 Å². The highest BCUT2D eigenvalue weighted by Gasteiger charge is 2.19. The predicted molar refractivity (Wildman–Crippen MR) is 131 cm³/mol. The Morgan fingerprint density at radius 1 is 1.31 bits per heavy atom. The van der Waals surface area contributed by atoms with Gasteiger partial charge in [-0.3, -0.25) is 14.7 Å². The zero-order valence-electron chi connectivity index (χ0n) is 17.7. The molecule has 1 aliphatic carbocycles. The third-order valence-electron chi connectivity index (χ3n) is 5.65. The number of pyridine rings is 1. The number of carbonyl (C=O) groups is 1. The quantitative estimate of drug-likeness (QED) is 0.389. The van der Waals surface area contributed by atoms with Crippen LogP contribution in [0.15, 0.2) is 34.0 Å². The molecule has 2 aromatic heterocycles. The molecular formula is C21H30N6O4S. The summed E-state index contributed by atoms with van der Waals surface area (Å²) in [6.07, 6.45) is 3.80. The second-order valence-corrected chi connectivity index (χ2v) is 8.89. The average molecular weight is 463 g/mol. The first-order valence-corrected chi connectivity index (χ1v) is 11.2. The van der Waals surface area contributed by atoms with Gasteiger partial charge in [0.2, 0.25) is 5.91 Å². The van der Waals surface area contributed by atoms with Gasteiger partial charge < -0.3 is 21.4 Å². The summed E-state index contributed by atoms with van der Waals surface area (Å²) in [5.74, 6) is 1.87. The molecule has 0 atom stereocenters. The maximum absolute atomic E-state index is 12.7. The smallest absolute Gasteiger partial charge is 0.275 e. The number of aromatic amines is 1. The van der Waals surface area contributed by atoms with Gasteiger partial charge >= 0.3 is 0 Å². The third kappa shape index (κ3) is 5.10. The number of H-pyrrole nitrogens is 1. The number of anilines is 2. The van der Waals surface area contributed by atoms with E-state index in [1.165, 1.54) is 23.8 Å². The molecule has 1 amide bonds. The van der Waals surface area contributed by atoms with Crippen LogP contribution in [0, 0.1) is 22.8 Å². The zero-order chi connectivity index (χ0) is 23.3. The van der Waals surface area contributed by atoms with E-state index in [1.54, 1.807) is 11.8 Å². The molecule has 6 N–H and O–H groups in total. The molecule has 10 nitrogen and oxygen atoms in total. The SMILES string of the molecule is Cc1cc(SCC2CCC2)c(N)c(=O)n1CC(=O)NCc1ccc2[nH]nc(N)c2c1.O=O.[HH].[HH]. The van der Waals surface area contributed by atoms with Gasteiger partial charge in [0.25, 0.3) is 5.56 Å². The molecule has 0 unspecified atom stereocenters. The standard InChI is InChI=1S/C21H26N6O2S.O2.2H2/c1-12-7-17(30-11-13-3-2-4-13)19(22)21(29)27(12)10-18(28)24-9-14-5-6-16-15(8-14)20(23)26-25-16;1-2;;/h5-8,13H,2-4,9-11,22H2,1H3,(H,24,28)(H3,23,25,26);;2*1H. The van der Waals surface area contributed by atoms with Crippen LogP contribution in [0.5, 0.6) is 0 Å². The largest absolute Gasteiger partial charge is 0.393 e. The zero-order valence-corrected chi connectivity index (χ0v) is 18.5. The lowest BCUT2D eigenvalue weighted by Crippen LogP contribution is -2.34. The van der Waals surface area contributed by atoms with Crippen molar-refractivity contribution in [1.82, 2.24) is 20.1 Å². The fourth-order valence-electron chi connectivity index (χ4n) is 3.53. The van der Waals surface area contributed by atoms with Crippen LogP contribution in [0.4, 0.5) is 11.5 Å². The van der Waals surface area contributed by atoms with E-state index in [9.17, 15) is 9.59 Å². The lowest BCUT2D eigenvalue weighted by Gasteiger charge is -2.25. The molecule has 1 aliphatic rings. The number of carbonyl (C=O) groups excluding carboxylic acids is 1. The van der Waals surface area contributed by atoms with Crippen molar-refractivity contribution in [3.05, 3.63) is 55.8 Å². The van der Waals surface area contributed by atoms with Crippen LogP contribution in [-0.4, -0.2) is 26.4 Å². The number of nitrogen functional groups attached to an aromatic ring is 2. The van der Waals surface area contributed by atoms with Gasteiger partial charge in [-0.1, -0.05) is 12.5 Å². The van der Waals surface area contributed by atoms with Crippen molar-refractivity contribution in [2.75, 3.05) is 17.2 Å². The Hall–Kier alpha value is -3.34. The molecule has 1 saturated carbocycles. The fraction of sp³-hybridized carbons (Fsp3) is 0.381. The van der Waals surface area contributed by atoms with Crippen molar-refractivity contribution < 1.29 is 7.65 Å². The topological polar surface area (TPSA) is 166 Å². The predicted octanol–water partition coefficient (Wildman–Crippen LogP) is 2.97. The number of nitrogens with two attached hydrogens (primary N) is 2. The van der Waals surface area contributed by atoms with Gasteiger partial charge in [0.05, 0.1) is 5.52 Å². The molecule has 0 aliphatic heterocycles. The van der Waals surface area contributed by atoms with E-state index in [1.807, 2.05) is 31.2 Å². The maximum Gasteiger partial charge on any atom is 0.275 e. The van der Waals surface area contributed by atoms with E-state index in [-0.39, 0.29) is 26.6 Å². The summed E-state index contributed by atoms with van der Waals surface area (Å²) >= 11 is 1.64. The van der Waals surface area contributed by atoms with Crippen LogP contribution in [0.25, 0.3) is 10.9 Å². The molecular weight excluding hydrogens is 432 g/mol.